The molecule has 0 aromatic heterocycles. The van der Waals surface area contributed by atoms with E-state index in [0.29, 0.717) is 18.7 Å². The van der Waals surface area contributed by atoms with E-state index < -0.39 is 5.82 Å². The lowest BCUT2D eigenvalue weighted by atomic mass is 10.1. The van der Waals surface area contributed by atoms with E-state index in [9.17, 15) is 4.39 Å². The molecule has 0 bridgehead atoms. The summed E-state index contributed by atoms with van der Waals surface area (Å²) in [5, 5.41) is 8.85. The predicted molar refractivity (Wildman–Crippen MR) is 79.3 cm³/mol. The Morgan fingerprint density at radius 1 is 1.14 bits per heavy atom. The lowest BCUT2D eigenvalue weighted by Gasteiger charge is -2.17. The minimum atomic E-state index is -0.429. The van der Waals surface area contributed by atoms with Crippen molar-refractivity contribution in [3.8, 4) is 11.8 Å². The molecule has 0 atom stereocenters. The molecule has 0 N–H and O–H groups in total. The maximum absolute atomic E-state index is 14.0. The van der Waals surface area contributed by atoms with Gasteiger partial charge in [0.15, 0.2) is 0 Å². The predicted octanol–water partition coefficient (Wildman–Crippen LogP) is 3.34. The van der Waals surface area contributed by atoms with Gasteiger partial charge in [-0.2, -0.15) is 5.26 Å². The molecule has 0 heterocycles. The standard InChI is InChI=1S/C17H17FN2O/c1-20(11-13-6-8-16(21-2)9-7-13)12-15-5-3-4-14(10-19)17(15)18/h3-9H,11-12H2,1-2H3. The lowest BCUT2D eigenvalue weighted by Crippen LogP contribution is -2.18. The molecule has 0 amide bonds. The Morgan fingerprint density at radius 3 is 2.48 bits per heavy atom. The number of benzene rings is 2. The average molecular weight is 284 g/mol. The van der Waals surface area contributed by atoms with E-state index in [4.69, 9.17) is 10.00 Å². The van der Waals surface area contributed by atoms with Crippen LogP contribution in [0.15, 0.2) is 42.5 Å². The molecule has 0 fully saturated rings. The molecule has 21 heavy (non-hydrogen) atoms. The summed E-state index contributed by atoms with van der Waals surface area (Å²) >= 11 is 0. The summed E-state index contributed by atoms with van der Waals surface area (Å²) in [5.41, 5.74) is 1.74. The van der Waals surface area contributed by atoms with Gasteiger partial charge in [-0.3, -0.25) is 4.90 Å². The van der Waals surface area contributed by atoms with E-state index in [0.717, 1.165) is 11.3 Å². The fraction of sp³-hybridized carbons (Fsp3) is 0.235. The van der Waals surface area contributed by atoms with Gasteiger partial charge in [0.2, 0.25) is 0 Å². The van der Waals surface area contributed by atoms with Gasteiger partial charge in [-0.15, -0.1) is 0 Å². The molecule has 0 spiro atoms. The third kappa shape index (κ3) is 3.80. The van der Waals surface area contributed by atoms with Gasteiger partial charge < -0.3 is 4.74 Å². The molecule has 0 radical (unpaired) electrons. The Kier molecular flexibility index (Phi) is 4.91. The molecule has 0 unspecified atom stereocenters. The summed E-state index contributed by atoms with van der Waals surface area (Å²) < 4.78 is 19.1. The smallest absolute Gasteiger partial charge is 0.145 e. The zero-order valence-corrected chi connectivity index (χ0v) is 12.1. The van der Waals surface area contributed by atoms with Gasteiger partial charge in [-0.1, -0.05) is 24.3 Å². The summed E-state index contributed by atoms with van der Waals surface area (Å²) in [5.74, 6) is 0.385. The van der Waals surface area contributed by atoms with Crippen molar-refractivity contribution in [2.45, 2.75) is 13.1 Å². The molecule has 2 aromatic carbocycles. The van der Waals surface area contributed by atoms with E-state index in [1.54, 1.807) is 19.2 Å². The van der Waals surface area contributed by atoms with Crippen molar-refractivity contribution in [2.75, 3.05) is 14.2 Å². The topological polar surface area (TPSA) is 36.3 Å². The number of nitriles is 1. The summed E-state index contributed by atoms with van der Waals surface area (Å²) in [6.07, 6.45) is 0. The van der Waals surface area contributed by atoms with Crippen LogP contribution in [0.5, 0.6) is 5.75 Å². The Labute approximate surface area is 124 Å². The highest BCUT2D eigenvalue weighted by atomic mass is 19.1. The second-order valence-corrected chi connectivity index (χ2v) is 4.91. The zero-order chi connectivity index (χ0) is 15.2. The van der Waals surface area contributed by atoms with Crippen LogP contribution in [0.25, 0.3) is 0 Å². The van der Waals surface area contributed by atoms with Gasteiger partial charge in [0.1, 0.15) is 17.6 Å². The van der Waals surface area contributed by atoms with Crippen LogP contribution in [0.1, 0.15) is 16.7 Å². The van der Waals surface area contributed by atoms with Gasteiger partial charge in [-0.25, -0.2) is 4.39 Å². The fourth-order valence-corrected chi connectivity index (χ4v) is 2.18. The molecule has 2 rings (SSSR count). The highest BCUT2D eigenvalue weighted by Gasteiger charge is 2.10. The van der Waals surface area contributed by atoms with Crippen molar-refractivity contribution in [1.82, 2.24) is 4.90 Å². The Hall–Kier alpha value is -2.38. The number of ether oxygens (including phenoxy) is 1. The number of methoxy groups -OCH3 is 1. The van der Waals surface area contributed by atoms with Crippen LogP contribution in [-0.2, 0) is 13.1 Å². The lowest BCUT2D eigenvalue weighted by molar-refractivity contribution is 0.313. The van der Waals surface area contributed by atoms with E-state index in [1.807, 2.05) is 42.3 Å². The van der Waals surface area contributed by atoms with Gasteiger partial charge >= 0.3 is 0 Å². The third-order valence-electron chi connectivity index (χ3n) is 3.25. The number of hydrogen-bond acceptors (Lipinski definition) is 3. The number of rotatable bonds is 5. The van der Waals surface area contributed by atoms with E-state index in [-0.39, 0.29) is 5.56 Å². The van der Waals surface area contributed by atoms with Gasteiger partial charge in [0, 0.05) is 18.7 Å². The van der Waals surface area contributed by atoms with Crippen molar-refractivity contribution >= 4 is 0 Å². The van der Waals surface area contributed by atoms with Crippen LogP contribution in [0, 0.1) is 17.1 Å². The SMILES string of the molecule is COc1ccc(CN(C)Cc2cccc(C#N)c2F)cc1. The third-order valence-corrected chi connectivity index (χ3v) is 3.25. The summed E-state index contributed by atoms with van der Waals surface area (Å²) in [6, 6.07) is 14.5. The Balaban J connectivity index is 2.04. The van der Waals surface area contributed by atoms with E-state index in [2.05, 4.69) is 0 Å². The van der Waals surface area contributed by atoms with Crippen molar-refractivity contribution in [3.05, 3.63) is 65.0 Å². The van der Waals surface area contributed by atoms with E-state index >= 15 is 0 Å². The molecule has 0 aliphatic rings. The Morgan fingerprint density at radius 2 is 1.86 bits per heavy atom. The highest BCUT2D eigenvalue weighted by Crippen LogP contribution is 2.16. The molecule has 0 saturated heterocycles. The van der Waals surface area contributed by atoms with Crippen molar-refractivity contribution in [1.29, 1.82) is 5.26 Å². The first-order valence-corrected chi connectivity index (χ1v) is 6.63. The number of halogens is 1. The van der Waals surface area contributed by atoms with Crippen LogP contribution in [-0.4, -0.2) is 19.1 Å². The molecule has 0 aliphatic carbocycles. The fourth-order valence-electron chi connectivity index (χ4n) is 2.18. The number of nitrogens with zero attached hydrogens (tertiary/aromatic N) is 2. The summed E-state index contributed by atoms with van der Waals surface area (Å²) in [7, 11) is 3.55. The highest BCUT2D eigenvalue weighted by molar-refractivity contribution is 5.35. The molecular formula is C17H17FN2O. The molecule has 108 valence electrons. The summed E-state index contributed by atoms with van der Waals surface area (Å²) in [6.45, 7) is 1.15. The molecule has 0 saturated carbocycles. The maximum Gasteiger partial charge on any atom is 0.145 e. The quantitative estimate of drug-likeness (QED) is 0.845. The minimum absolute atomic E-state index is 0.0883. The molecule has 3 nitrogen and oxygen atoms in total. The van der Waals surface area contributed by atoms with Crippen LogP contribution < -0.4 is 4.74 Å². The van der Waals surface area contributed by atoms with Gasteiger partial charge in [0.05, 0.1) is 12.7 Å². The van der Waals surface area contributed by atoms with Crippen molar-refractivity contribution in [2.24, 2.45) is 0 Å². The summed E-state index contributed by atoms with van der Waals surface area (Å²) in [4.78, 5) is 2.00. The average Bonchev–Trinajstić information content (AvgIpc) is 2.50. The van der Waals surface area contributed by atoms with Gasteiger partial charge in [0.25, 0.3) is 0 Å². The maximum atomic E-state index is 14.0. The molecule has 2 aromatic rings. The van der Waals surface area contributed by atoms with Crippen LogP contribution in [0.2, 0.25) is 0 Å². The molecule has 4 heteroatoms. The van der Waals surface area contributed by atoms with Crippen LogP contribution in [0.4, 0.5) is 4.39 Å². The van der Waals surface area contributed by atoms with E-state index in [1.165, 1.54) is 6.07 Å². The van der Waals surface area contributed by atoms with Crippen LogP contribution >= 0.6 is 0 Å². The second-order valence-electron chi connectivity index (χ2n) is 4.91. The number of hydrogen-bond donors (Lipinski definition) is 0. The van der Waals surface area contributed by atoms with Gasteiger partial charge in [-0.05, 0) is 30.8 Å². The monoisotopic (exact) mass is 284 g/mol. The largest absolute Gasteiger partial charge is 0.497 e. The Bertz CT molecular complexity index is 647. The normalized spacial score (nSPS) is 10.4. The first kappa shape index (κ1) is 15.0. The first-order chi connectivity index (χ1) is 10.1. The minimum Gasteiger partial charge on any atom is -0.497 e. The van der Waals surface area contributed by atoms with Crippen LogP contribution in [0.3, 0.4) is 0 Å². The molecular weight excluding hydrogens is 267 g/mol. The van der Waals surface area contributed by atoms with Crippen molar-refractivity contribution < 1.29 is 9.13 Å². The molecule has 0 aliphatic heterocycles. The van der Waals surface area contributed by atoms with Crippen molar-refractivity contribution in [3.63, 3.8) is 0 Å². The second kappa shape index (κ2) is 6.87. The zero-order valence-electron chi connectivity index (χ0n) is 12.1. The first-order valence-electron chi connectivity index (χ1n) is 6.63.